The van der Waals surface area contributed by atoms with E-state index in [0.29, 0.717) is 16.6 Å². The number of aliphatic hydroxyl groups is 1. The first-order valence-electron chi connectivity index (χ1n) is 5.35. The number of aliphatic hydroxyl groups excluding tert-OH is 1. The molecule has 3 rings (SSSR count). The Hall–Kier alpha value is -1.98. The van der Waals surface area contributed by atoms with E-state index in [9.17, 15) is 5.11 Å². The zero-order chi connectivity index (χ0) is 12.5. The molecule has 0 saturated heterocycles. The van der Waals surface area contributed by atoms with E-state index in [0.717, 1.165) is 5.56 Å². The standard InChI is InChI=1S/C12H9ClN4O/c13-9-6-14-7-10-15-16-12(17(9)10)11(18)8-4-2-1-3-5-8/h1-7,11,18H. The Morgan fingerprint density at radius 3 is 2.67 bits per heavy atom. The van der Waals surface area contributed by atoms with Crippen molar-refractivity contribution in [3.8, 4) is 0 Å². The first-order chi connectivity index (χ1) is 8.77. The fraction of sp³-hybridized carbons (Fsp3) is 0.0833. The highest BCUT2D eigenvalue weighted by molar-refractivity contribution is 6.29. The normalized spacial score (nSPS) is 12.8. The van der Waals surface area contributed by atoms with Crippen molar-refractivity contribution in [1.29, 1.82) is 0 Å². The molecule has 1 unspecified atom stereocenters. The maximum Gasteiger partial charge on any atom is 0.180 e. The number of benzene rings is 1. The van der Waals surface area contributed by atoms with Crippen molar-refractivity contribution < 1.29 is 5.11 Å². The van der Waals surface area contributed by atoms with Gasteiger partial charge in [0.2, 0.25) is 0 Å². The van der Waals surface area contributed by atoms with Crippen LogP contribution < -0.4 is 0 Å². The van der Waals surface area contributed by atoms with Crippen LogP contribution in [0.25, 0.3) is 5.65 Å². The van der Waals surface area contributed by atoms with Gasteiger partial charge in [-0.1, -0.05) is 41.9 Å². The van der Waals surface area contributed by atoms with Crippen LogP contribution >= 0.6 is 11.6 Å². The van der Waals surface area contributed by atoms with E-state index >= 15 is 0 Å². The van der Waals surface area contributed by atoms with Gasteiger partial charge < -0.3 is 5.11 Å². The molecule has 3 aromatic rings. The van der Waals surface area contributed by atoms with Gasteiger partial charge >= 0.3 is 0 Å². The largest absolute Gasteiger partial charge is 0.380 e. The molecule has 0 radical (unpaired) electrons. The molecule has 5 nitrogen and oxygen atoms in total. The minimum atomic E-state index is -0.874. The van der Waals surface area contributed by atoms with Crippen molar-refractivity contribution in [1.82, 2.24) is 19.6 Å². The Morgan fingerprint density at radius 1 is 1.11 bits per heavy atom. The molecule has 0 amide bonds. The minimum absolute atomic E-state index is 0.363. The molecule has 0 aliphatic rings. The van der Waals surface area contributed by atoms with Crippen LogP contribution in [0.3, 0.4) is 0 Å². The van der Waals surface area contributed by atoms with Crippen LogP contribution in [0.15, 0.2) is 42.7 Å². The predicted molar refractivity (Wildman–Crippen MR) is 66.3 cm³/mol. The van der Waals surface area contributed by atoms with E-state index in [1.54, 1.807) is 10.6 Å². The second-order valence-electron chi connectivity index (χ2n) is 3.80. The number of hydrogen-bond acceptors (Lipinski definition) is 4. The summed E-state index contributed by atoms with van der Waals surface area (Å²) in [4.78, 5) is 3.92. The first-order valence-corrected chi connectivity index (χ1v) is 5.72. The van der Waals surface area contributed by atoms with E-state index in [4.69, 9.17) is 11.6 Å². The van der Waals surface area contributed by atoms with Crippen LogP contribution in [-0.4, -0.2) is 24.7 Å². The summed E-state index contributed by atoms with van der Waals surface area (Å²) in [6, 6.07) is 9.23. The summed E-state index contributed by atoms with van der Waals surface area (Å²) in [7, 11) is 0. The van der Waals surface area contributed by atoms with Gasteiger partial charge in [-0.2, -0.15) is 0 Å². The zero-order valence-corrected chi connectivity index (χ0v) is 9.99. The van der Waals surface area contributed by atoms with Crippen molar-refractivity contribution in [2.24, 2.45) is 0 Å². The summed E-state index contributed by atoms with van der Waals surface area (Å²) in [5, 5.41) is 18.6. The Kier molecular flexibility index (Phi) is 2.70. The summed E-state index contributed by atoms with van der Waals surface area (Å²) >= 11 is 6.04. The van der Waals surface area contributed by atoms with Crippen LogP contribution in [-0.2, 0) is 0 Å². The average molecular weight is 261 g/mol. The average Bonchev–Trinajstić information content (AvgIpc) is 2.84. The Balaban J connectivity index is 2.15. The molecule has 18 heavy (non-hydrogen) atoms. The molecule has 1 atom stereocenters. The molecule has 0 saturated carbocycles. The lowest BCUT2D eigenvalue weighted by atomic mass is 10.1. The predicted octanol–water partition coefficient (Wildman–Crippen LogP) is 1.86. The second kappa shape index (κ2) is 4.36. The van der Waals surface area contributed by atoms with Gasteiger partial charge in [0.05, 0.1) is 12.4 Å². The highest BCUT2D eigenvalue weighted by Crippen LogP contribution is 2.22. The van der Waals surface area contributed by atoms with Gasteiger partial charge in [0.1, 0.15) is 11.3 Å². The van der Waals surface area contributed by atoms with Crippen molar-refractivity contribution >= 4 is 17.2 Å². The molecule has 0 bridgehead atoms. The third-order valence-corrected chi connectivity index (χ3v) is 2.92. The lowest BCUT2D eigenvalue weighted by Crippen LogP contribution is -2.06. The lowest BCUT2D eigenvalue weighted by molar-refractivity contribution is 0.208. The van der Waals surface area contributed by atoms with Gasteiger partial charge in [-0.05, 0) is 5.56 Å². The second-order valence-corrected chi connectivity index (χ2v) is 4.18. The molecule has 0 spiro atoms. The van der Waals surface area contributed by atoms with Crippen molar-refractivity contribution in [2.75, 3.05) is 0 Å². The Bertz CT molecular complexity index is 683. The first kappa shape index (κ1) is 11.1. The highest BCUT2D eigenvalue weighted by atomic mass is 35.5. The van der Waals surface area contributed by atoms with Crippen molar-refractivity contribution in [3.63, 3.8) is 0 Å². The molecular formula is C12H9ClN4O. The molecular weight excluding hydrogens is 252 g/mol. The van der Waals surface area contributed by atoms with E-state index in [1.165, 1.54) is 6.20 Å². The lowest BCUT2D eigenvalue weighted by Gasteiger charge is -2.09. The smallest absolute Gasteiger partial charge is 0.180 e. The summed E-state index contributed by atoms with van der Waals surface area (Å²) < 4.78 is 1.58. The minimum Gasteiger partial charge on any atom is -0.380 e. The third-order valence-electron chi connectivity index (χ3n) is 2.66. The van der Waals surface area contributed by atoms with Gasteiger partial charge in [0.15, 0.2) is 11.5 Å². The van der Waals surface area contributed by atoms with E-state index < -0.39 is 6.10 Å². The van der Waals surface area contributed by atoms with Crippen LogP contribution in [0.4, 0.5) is 0 Å². The van der Waals surface area contributed by atoms with Crippen molar-refractivity contribution in [3.05, 3.63) is 59.3 Å². The van der Waals surface area contributed by atoms with Gasteiger partial charge in [-0.3, -0.25) is 9.38 Å². The number of halogens is 1. The number of rotatable bonds is 2. The van der Waals surface area contributed by atoms with Crippen LogP contribution in [0.5, 0.6) is 0 Å². The van der Waals surface area contributed by atoms with Gasteiger partial charge in [-0.15, -0.1) is 10.2 Å². The summed E-state index contributed by atoms with van der Waals surface area (Å²) in [6.07, 6.45) is 2.15. The van der Waals surface area contributed by atoms with E-state index in [1.807, 2.05) is 30.3 Å². The summed E-state index contributed by atoms with van der Waals surface area (Å²) in [5.41, 5.74) is 1.24. The molecule has 1 N–H and O–H groups in total. The van der Waals surface area contributed by atoms with Crippen molar-refractivity contribution in [2.45, 2.75) is 6.10 Å². The monoisotopic (exact) mass is 260 g/mol. The summed E-state index contributed by atoms with van der Waals surface area (Å²) in [6.45, 7) is 0. The topological polar surface area (TPSA) is 63.3 Å². The highest BCUT2D eigenvalue weighted by Gasteiger charge is 2.18. The maximum absolute atomic E-state index is 10.3. The molecule has 0 aliphatic heterocycles. The maximum atomic E-state index is 10.3. The number of hydrogen-bond donors (Lipinski definition) is 1. The van der Waals surface area contributed by atoms with Gasteiger partial charge in [0.25, 0.3) is 0 Å². The molecule has 2 heterocycles. The number of nitrogens with zero attached hydrogens (tertiary/aromatic N) is 4. The molecule has 1 aromatic carbocycles. The third kappa shape index (κ3) is 1.73. The quantitative estimate of drug-likeness (QED) is 0.764. The molecule has 0 aliphatic carbocycles. The molecule has 90 valence electrons. The number of fused-ring (bicyclic) bond motifs is 1. The van der Waals surface area contributed by atoms with Gasteiger partial charge in [-0.25, -0.2) is 0 Å². The Labute approximate surface area is 108 Å². The zero-order valence-electron chi connectivity index (χ0n) is 9.23. The van der Waals surface area contributed by atoms with E-state index in [-0.39, 0.29) is 0 Å². The van der Waals surface area contributed by atoms with Crippen LogP contribution in [0.2, 0.25) is 5.15 Å². The fourth-order valence-electron chi connectivity index (χ4n) is 1.80. The molecule has 2 aromatic heterocycles. The number of aromatic nitrogens is 4. The molecule has 0 fully saturated rings. The van der Waals surface area contributed by atoms with E-state index in [2.05, 4.69) is 15.2 Å². The van der Waals surface area contributed by atoms with Gasteiger partial charge in [0, 0.05) is 0 Å². The fourth-order valence-corrected chi connectivity index (χ4v) is 2.03. The van der Waals surface area contributed by atoms with Crippen LogP contribution in [0.1, 0.15) is 17.5 Å². The molecule has 6 heteroatoms. The summed E-state index contributed by atoms with van der Waals surface area (Å²) in [5.74, 6) is 0.378. The Morgan fingerprint density at radius 2 is 1.89 bits per heavy atom. The van der Waals surface area contributed by atoms with Crippen LogP contribution in [0, 0.1) is 0 Å². The SMILES string of the molecule is OC(c1ccccc1)c1nnc2cncc(Cl)n12.